The maximum absolute atomic E-state index is 9.66. The predicted octanol–water partition coefficient (Wildman–Crippen LogP) is 3.71. The van der Waals surface area contributed by atoms with E-state index in [-0.39, 0.29) is 12.6 Å². The van der Waals surface area contributed by atoms with Gasteiger partial charge in [-0.1, -0.05) is 42.5 Å². The fourth-order valence-electron chi connectivity index (χ4n) is 3.08. The third kappa shape index (κ3) is 2.65. The minimum Gasteiger partial charge on any atom is -0.394 e. The summed E-state index contributed by atoms with van der Waals surface area (Å²) in [6.45, 7) is 2.14. The van der Waals surface area contributed by atoms with Crippen LogP contribution in [0.5, 0.6) is 0 Å². The molecule has 1 aromatic heterocycles. The van der Waals surface area contributed by atoms with E-state index < -0.39 is 0 Å². The number of rotatable bonds is 3. The second-order valence-corrected chi connectivity index (χ2v) is 6.03. The predicted molar refractivity (Wildman–Crippen MR) is 86.9 cm³/mol. The molecule has 1 aliphatic rings. The summed E-state index contributed by atoms with van der Waals surface area (Å²) in [6, 6.07) is 10.1. The normalized spacial score (nSPS) is 15.5. The van der Waals surface area contributed by atoms with Crippen LogP contribution in [-0.2, 0) is 12.8 Å². The lowest BCUT2D eigenvalue weighted by molar-refractivity contribution is 0.235. The third-order valence-corrected chi connectivity index (χ3v) is 4.50. The van der Waals surface area contributed by atoms with Crippen molar-refractivity contribution in [3.63, 3.8) is 0 Å². The molecule has 0 unspecified atom stereocenters. The molecule has 3 nitrogen and oxygen atoms in total. The zero-order chi connectivity index (χ0) is 14.8. The van der Waals surface area contributed by atoms with E-state index >= 15 is 0 Å². The number of aliphatic hydroxyl groups excluding tert-OH is 1. The molecule has 1 heterocycles. The SMILES string of the molecule is C[C@H](CO)n1c(-c2ccccc2)nc(=S)c2c1CCCC2. The van der Waals surface area contributed by atoms with Crippen molar-refractivity contribution in [3.8, 4) is 11.4 Å². The molecule has 110 valence electrons. The topological polar surface area (TPSA) is 38.0 Å². The molecule has 0 spiro atoms. The number of hydrogen-bond donors (Lipinski definition) is 1. The van der Waals surface area contributed by atoms with Gasteiger partial charge in [-0.25, -0.2) is 4.98 Å². The van der Waals surface area contributed by atoms with E-state index in [1.165, 1.54) is 24.1 Å². The van der Waals surface area contributed by atoms with Crippen LogP contribution < -0.4 is 0 Å². The maximum Gasteiger partial charge on any atom is 0.142 e. The summed E-state index contributed by atoms with van der Waals surface area (Å²) in [6.07, 6.45) is 4.38. The number of aromatic nitrogens is 2. The van der Waals surface area contributed by atoms with Crippen LogP contribution in [0, 0.1) is 4.64 Å². The standard InChI is InChI=1S/C17H20N2OS/c1-12(11-20)19-15-10-6-5-9-14(15)17(21)18-16(19)13-7-3-2-4-8-13/h2-4,7-8,12,20H,5-6,9-11H2,1H3/t12-/m1/s1. The molecule has 3 rings (SSSR count). The van der Waals surface area contributed by atoms with Crippen molar-refractivity contribution in [2.45, 2.75) is 38.6 Å². The first-order valence-electron chi connectivity index (χ1n) is 7.53. The molecular weight excluding hydrogens is 280 g/mol. The quantitative estimate of drug-likeness (QED) is 0.878. The van der Waals surface area contributed by atoms with Crippen LogP contribution in [0.2, 0.25) is 0 Å². The van der Waals surface area contributed by atoms with Crippen molar-refractivity contribution in [2.75, 3.05) is 6.61 Å². The molecule has 0 bridgehead atoms. The van der Waals surface area contributed by atoms with Crippen molar-refractivity contribution in [1.82, 2.24) is 9.55 Å². The maximum atomic E-state index is 9.66. The zero-order valence-electron chi connectivity index (χ0n) is 12.2. The number of aliphatic hydroxyl groups is 1. The first-order valence-corrected chi connectivity index (χ1v) is 7.93. The highest BCUT2D eigenvalue weighted by atomic mass is 32.1. The van der Waals surface area contributed by atoms with E-state index in [0.717, 1.165) is 28.9 Å². The molecule has 2 aromatic rings. The average Bonchev–Trinajstić information content (AvgIpc) is 2.55. The van der Waals surface area contributed by atoms with Gasteiger partial charge in [0.1, 0.15) is 10.5 Å². The van der Waals surface area contributed by atoms with Gasteiger partial charge in [0.25, 0.3) is 0 Å². The molecule has 0 saturated carbocycles. The van der Waals surface area contributed by atoms with E-state index in [1.807, 2.05) is 37.3 Å². The Balaban J connectivity index is 2.28. The van der Waals surface area contributed by atoms with Crippen LogP contribution in [0.3, 0.4) is 0 Å². The van der Waals surface area contributed by atoms with E-state index in [1.54, 1.807) is 0 Å². The summed E-state index contributed by atoms with van der Waals surface area (Å²) < 4.78 is 2.92. The van der Waals surface area contributed by atoms with E-state index in [2.05, 4.69) is 4.57 Å². The zero-order valence-corrected chi connectivity index (χ0v) is 13.1. The Morgan fingerprint density at radius 3 is 2.67 bits per heavy atom. The summed E-state index contributed by atoms with van der Waals surface area (Å²) in [7, 11) is 0. The van der Waals surface area contributed by atoms with Gasteiger partial charge in [-0.2, -0.15) is 0 Å². The molecule has 0 aliphatic heterocycles. The second kappa shape index (κ2) is 6.08. The van der Waals surface area contributed by atoms with Crippen molar-refractivity contribution in [1.29, 1.82) is 0 Å². The smallest absolute Gasteiger partial charge is 0.142 e. The highest BCUT2D eigenvalue weighted by Gasteiger charge is 2.21. The van der Waals surface area contributed by atoms with Crippen molar-refractivity contribution in [2.24, 2.45) is 0 Å². The Morgan fingerprint density at radius 1 is 1.24 bits per heavy atom. The third-order valence-electron chi connectivity index (χ3n) is 4.16. The Morgan fingerprint density at radius 2 is 1.95 bits per heavy atom. The lowest BCUT2D eigenvalue weighted by Crippen LogP contribution is -2.22. The average molecular weight is 300 g/mol. The molecule has 1 N–H and O–H groups in total. The summed E-state index contributed by atoms with van der Waals surface area (Å²) in [5.74, 6) is 0.878. The van der Waals surface area contributed by atoms with Gasteiger partial charge in [0.05, 0.1) is 12.6 Å². The van der Waals surface area contributed by atoms with E-state index in [0.29, 0.717) is 0 Å². The molecule has 21 heavy (non-hydrogen) atoms. The van der Waals surface area contributed by atoms with Crippen LogP contribution in [0.4, 0.5) is 0 Å². The van der Waals surface area contributed by atoms with Crippen LogP contribution >= 0.6 is 12.2 Å². The fourth-order valence-corrected chi connectivity index (χ4v) is 3.38. The first-order chi connectivity index (χ1) is 10.2. The van der Waals surface area contributed by atoms with Gasteiger partial charge in [0.15, 0.2) is 0 Å². The lowest BCUT2D eigenvalue weighted by Gasteiger charge is -2.27. The fraction of sp³-hybridized carbons (Fsp3) is 0.412. The van der Waals surface area contributed by atoms with Gasteiger partial charge in [0.2, 0.25) is 0 Å². The lowest BCUT2D eigenvalue weighted by atomic mass is 9.96. The van der Waals surface area contributed by atoms with Crippen LogP contribution in [0.25, 0.3) is 11.4 Å². The summed E-state index contributed by atoms with van der Waals surface area (Å²) >= 11 is 5.52. The highest BCUT2D eigenvalue weighted by Crippen LogP contribution is 2.29. The van der Waals surface area contributed by atoms with Gasteiger partial charge >= 0.3 is 0 Å². The molecule has 1 aliphatic carbocycles. The van der Waals surface area contributed by atoms with E-state index in [9.17, 15) is 5.11 Å². The Kier molecular flexibility index (Phi) is 4.17. The number of benzene rings is 1. The van der Waals surface area contributed by atoms with Crippen LogP contribution in [-0.4, -0.2) is 21.3 Å². The van der Waals surface area contributed by atoms with Gasteiger partial charge < -0.3 is 9.67 Å². The minimum atomic E-state index is 0.00940. The van der Waals surface area contributed by atoms with Crippen LogP contribution in [0.1, 0.15) is 37.1 Å². The summed E-state index contributed by atoms with van der Waals surface area (Å²) in [5.41, 5.74) is 3.52. The first kappa shape index (κ1) is 14.4. The number of hydrogen-bond acceptors (Lipinski definition) is 3. The largest absolute Gasteiger partial charge is 0.394 e. The van der Waals surface area contributed by atoms with Gasteiger partial charge in [-0.3, -0.25) is 0 Å². The van der Waals surface area contributed by atoms with Crippen molar-refractivity contribution in [3.05, 3.63) is 46.2 Å². The number of nitrogens with zero attached hydrogens (tertiary/aromatic N) is 2. The molecule has 1 atom stereocenters. The van der Waals surface area contributed by atoms with Gasteiger partial charge in [-0.15, -0.1) is 0 Å². The monoisotopic (exact) mass is 300 g/mol. The van der Waals surface area contributed by atoms with Gasteiger partial charge in [0, 0.05) is 16.8 Å². The van der Waals surface area contributed by atoms with E-state index in [4.69, 9.17) is 17.2 Å². The molecule has 0 saturated heterocycles. The molecule has 4 heteroatoms. The summed E-state index contributed by atoms with van der Waals surface area (Å²) in [5, 5.41) is 9.66. The Bertz CT molecular complexity index is 694. The Labute approximate surface area is 130 Å². The van der Waals surface area contributed by atoms with Crippen LogP contribution in [0.15, 0.2) is 30.3 Å². The summed E-state index contributed by atoms with van der Waals surface area (Å²) in [4.78, 5) is 4.69. The van der Waals surface area contributed by atoms with Crippen molar-refractivity contribution >= 4 is 12.2 Å². The molecule has 0 fully saturated rings. The minimum absolute atomic E-state index is 0.00940. The van der Waals surface area contributed by atoms with Crippen molar-refractivity contribution < 1.29 is 5.11 Å². The molecular formula is C17H20N2OS. The number of fused-ring (bicyclic) bond motifs is 1. The Hall–Kier alpha value is -1.52. The van der Waals surface area contributed by atoms with Gasteiger partial charge in [-0.05, 0) is 32.6 Å². The molecule has 0 radical (unpaired) electrons. The molecule has 1 aromatic carbocycles. The highest BCUT2D eigenvalue weighted by molar-refractivity contribution is 7.71. The molecule has 0 amide bonds. The second-order valence-electron chi connectivity index (χ2n) is 5.64.